The maximum absolute atomic E-state index is 13.2. The van der Waals surface area contributed by atoms with E-state index < -0.39 is 6.10 Å². The zero-order chi connectivity index (χ0) is 23.9. The molecule has 1 atom stereocenters. The Morgan fingerprint density at radius 2 is 1.97 bits per heavy atom. The lowest BCUT2D eigenvalue weighted by Gasteiger charge is -2.44. The number of nitrogens with one attached hydrogen (secondary N) is 2. The Bertz CT molecular complexity index is 1230. The van der Waals surface area contributed by atoms with Gasteiger partial charge in [-0.25, -0.2) is 0 Å². The number of carbonyl (C=O) groups excluding carboxylic acids is 1. The number of rotatable bonds is 5. The normalized spacial score (nSPS) is 17.7. The molecular weight excluding hydrogens is 450 g/mol. The molecule has 0 radical (unpaired) electrons. The van der Waals surface area contributed by atoms with Gasteiger partial charge in [0.1, 0.15) is 5.58 Å². The summed E-state index contributed by atoms with van der Waals surface area (Å²) in [6, 6.07) is 13.1. The number of carbonyl (C=O) groups is 1. The quantitative estimate of drug-likeness (QED) is 0.423. The van der Waals surface area contributed by atoms with Crippen LogP contribution in [0.15, 0.2) is 59.3 Å². The molecule has 34 heavy (non-hydrogen) atoms. The maximum Gasteiger partial charge on any atom is 0.289 e. The average molecular weight is 480 g/mol. The summed E-state index contributed by atoms with van der Waals surface area (Å²) in [5.41, 5.74) is 3.03. The molecule has 5 rings (SSSR count). The van der Waals surface area contributed by atoms with Crippen LogP contribution in [0.4, 0.5) is 5.69 Å². The topological polar surface area (TPSA) is 77.7 Å². The molecule has 1 aliphatic carbocycles. The minimum absolute atomic E-state index is 0.222. The van der Waals surface area contributed by atoms with Gasteiger partial charge >= 0.3 is 0 Å². The van der Waals surface area contributed by atoms with Gasteiger partial charge in [-0.2, -0.15) is 0 Å². The van der Waals surface area contributed by atoms with Gasteiger partial charge in [0.15, 0.2) is 5.76 Å². The molecule has 7 heteroatoms. The molecular formula is C27H30ClN3O3. The maximum atomic E-state index is 13.2. The minimum atomic E-state index is -0.630. The number of nitrogens with zero attached hydrogens (tertiary/aromatic N) is 1. The number of benzene rings is 2. The Labute approximate surface area is 204 Å². The number of aliphatic hydroxyl groups excluding tert-OH is 1. The first-order chi connectivity index (χ1) is 16.4. The van der Waals surface area contributed by atoms with Gasteiger partial charge in [-0.05, 0) is 37.0 Å². The zero-order valence-corrected chi connectivity index (χ0v) is 20.1. The van der Waals surface area contributed by atoms with Crippen LogP contribution in [-0.2, 0) is 5.54 Å². The molecule has 2 aromatic carbocycles. The van der Waals surface area contributed by atoms with Crippen LogP contribution in [0.2, 0.25) is 5.02 Å². The van der Waals surface area contributed by atoms with E-state index in [9.17, 15) is 9.90 Å². The zero-order valence-electron chi connectivity index (χ0n) is 19.4. The van der Waals surface area contributed by atoms with Crippen LogP contribution in [-0.4, -0.2) is 29.5 Å². The van der Waals surface area contributed by atoms with E-state index >= 15 is 0 Å². The lowest BCUT2D eigenvalue weighted by atomic mass is 9.74. The summed E-state index contributed by atoms with van der Waals surface area (Å²) in [6.45, 7) is 4.50. The first-order valence-corrected chi connectivity index (χ1v) is 12.2. The second kappa shape index (κ2) is 9.01. The molecule has 3 N–H and O–H groups in total. The fourth-order valence-corrected chi connectivity index (χ4v) is 5.60. The summed E-state index contributed by atoms with van der Waals surface area (Å²) < 4.78 is 6.24. The average Bonchev–Trinajstić information content (AvgIpc) is 3.26. The van der Waals surface area contributed by atoms with Crippen molar-refractivity contribution in [1.29, 1.82) is 0 Å². The van der Waals surface area contributed by atoms with Crippen molar-refractivity contribution in [3.63, 3.8) is 0 Å². The van der Waals surface area contributed by atoms with Crippen LogP contribution >= 0.6 is 11.6 Å². The van der Waals surface area contributed by atoms with E-state index in [1.807, 2.05) is 36.4 Å². The lowest BCUT2D eigenvalue weighted by Crippen LogP contribution is -2.48. The molecule has 2 aliphatic rings. The summed E-state index contributed by atoms with van der Waals surface area (Å²) in [4.78, 5) is 14.8. The number of amides is 1. The van der Waals surface area contributed by atoms with Crippen molar-refractivity contribution < 1.29 is 14.3 Å². The molecule has 1 spiro atoms. The van der Waals surface area contributed by atoms with Gasteiger partial charge in [0.2, 0.25) is 0 Å². The third-order valence-electron chi connectivity index (χ3n) is 7.09. The van der Waals surface area contributed by atoms with Crippen LogP contribution < -0.4 is 10.6 Å². The fourth-order valence-electron chi connectivity index (χ4n) is 5.34. The van der Waals surface area contributed by atoms with Crippen LogP contribution in [0.5, 0.6) is 0 Å². The summed E-state index contributed by atoms with van der Waals surface area (Å²) in [6.07, 6.45) is 5.12. The molecule has 1 amide bonds. The van der Waals surface area contributed by atoms with Gasteiger partial charge < -0.3 is 25.1 Å². The molecule has 0 bridgehead atoms. The molecule has 1 aromatic heterocycles. The first kappa shape index (κ1) is 22.8. The van der Waals surface area contributed by atoms with Crippen molar-refractivity contribution in [3.8, 4) is 0 Å². The molecule has 1 aliphatic heterocycles. The van der Waals surface area contributed by atoms with Gasteiger partial charge in [0.25, 0.3) is 5.91 Å². The number of anilines is 1. The molecule has 1 saturated carbocycles. The molecule has 1 unspecified atom stereocenters. The number of hydrogen-bond donors (Lipinski definition) is 3. The third kappa shape index (κ3) is 4.05. The van der Waals surface area contributed by atoms with Gasteiger partial charge in [0.05, 0.1) is 28.2 Å². The van der Waals surface area contributed by atoms with E-state index in [0.717, 1.165) is 53.7 Å². The fraction of sp³-hybridized carbons (Fsp3) is 0.370. The van der Waals surface area contributed by atoms with E-state index in [4.69, 9.17) is 16.0 Å². The molecule has 1 fully saturated rings. The Balaban J connectivity index is 1.43. The van der Waals surface area contributed by atoms with E-state index in [1.54, 1.807) is 18.0 Å². The van der Waals surface area contributed by atoms with Crippen molar-refractivity contribution in [2.24, 2.45) is 0 Å². The molecule has 3 aromatic rings. The van der Waals surface area contributed by atoms with E-state index in [-0.39, 0.29) is 17.2 Å². The van der Waals surface area contributed by atoms with Crippen LogP contribution in [0, 0.1) is 0 Å². The smallest absolute Gasteiger partial charge is 0.289 e. The van der Waals surface area contributed by atoms with Gasteiger partial charge in [-0.3, -0.25) is 4.79 Å². The van der Waals surface area contributed by atoms with Crippen molar-refractivity contribution in [1.82, 2.24) is 10.2 Å². The van der Waals surface area contributed by atoms with E-state index in [2.05, 4.69) is 17.2 Å². The van der Waals surface area contributed by atoms with Gasteiger partial charge in [-0.15, -0.1) is 0 Å². The molecule has 6 nitrogen and oxygen atoms in total. The second-order valence-corrected chi connectivity index (χ2v) is 9.86. The first-order valence-electron chi connectivity index (χ1n) is 11.9. The molecule has 2 heterocycles. The standard InChI is InChI=1S/C27H30ClN3O3/c1-17-29-24-20(28)15-19-16-22(34-25(19)23(24)27(30-17)12-7-4-8-13-27)26(33)31(2)14-11-21(32)18-9-5-3-6-10-18/h3,5-6,9-10,15-16,21,29-30,32H,1,4,7-8,11-14H2,2H3. The van der Waals surface area contributed by atoms with Crippen molar-refractivity contribution in [2.75, 3.05) is 18.9 Å². The van der Waals surface area contributed by atoms with Crippen LogP contribution in [0.25, 0.3) is 11.0 Å². The Hall–Kier alpha value is -2.96. The monoisotopic (exact) mass is 479 g/mol. The highest BCUT2D eigenvalue weighted by atomic mass is 35.5. The Morgan fingerprint density at radius 1 is 1.24 bits per heavy atom. The summed E-state index contributed by atoms with van der Waals surface area (Å²) in [5.74, 6) is 0.780. The van der Waals surface area contributed by atoms with Gasteiger partial charge in [0, 0.05) is 24.5 Å². The largest absolute Gasteiger partial charge is 0.450 e. The SMILES string of the molecule is C=C1Nc2c(Cl)cc3cc(C(=O)N(C)CCC(O)c4ccccc4)oc3c2C2(CCCCC2)N1. The lowest BCUT2D eigenvalue weighted by molar-refractivity contribution is 0.0732. The summed E-state index contributed by atoms with van der Waals surface area (Å²) in [5, 5.41) is 18.7. The van der Waals surface area contributed by atoms with Crippen LogP contribution in [0.1, 0.15) is 66.3 Å². The number of halogens is 1. The van der Waals surface area contributed by atoms with E-state index in [1.165, 1.54) is 6.42 Å². The van der Waals surface area contributed by atoms with Crippen molar-refractivity contribution in [2.45, 2.75) is 50.2 Å². The molecule has 178 valence electrons. The number of hydrogen-bond acceptors (Lipinski definition) is 5. The third-order valence-corrected chi connectivity index (χ3v) is 7.39. The number of fused-ring (bicyclic) bond motifs is 4. The summed E-state index contributed by atoms with van der Waals surface area (Å²) >= 11 is 6.69. The van der Waals surface area contributed by atoms with Gasteiger partial charge in [-0.1, -0.05) is 67.8 Å². The second-order valence-electron chi connectivity index (χ2n) is 9.45. The highest BCUT2D eigenvalue weighted by Gasteiger charge is 2.42. The van der Waals surface area contributed by atoms with Crippen molar-refractivity contribution in [3.05, 3.63) is 76.8 Å². The number of furan rings is 1. The van der Waals surface area contributed by atoms with Crippen molar-refractivity contribution >= 4 is 34.2 Å². The highest BCUT2D eigenvalue weighted by molar-refractivity contribution is 6.34. The minimum Gasteiger partial charge on any atom is -0.450 e. The molecule has 0 saturated heterocycles. The Kier molecular flexibility index (Phi) is 6.04. The predicted octanol–water partition coefficient (Wildman–Crippen LogP) is 5.93. The number of aliphatic hydroxyl groups is 1. The Morgan fingerprint density at radius 3 is 2.71 bits per heavy atom. The van der Waals surface area contributed by atoms with Crippen LogP contribution in [0.3, 0.4) is 0 Å². The van der Waals surface area contributed by atoms with E-state index in [0.29, 0.717) is 23.6 Å². The predicted molar refractivity (Wildman–Crippen MR) is 135 cm³/mol. The highest BCUT2D eigenvalue weighted by Crippen LogP contribution is 2.49. The summed E-state index contributed by atoms with van der Waals surface area (Å²) in [7, 11) is 1.73.